The van der Waals surface area contributed by atoms with E-state index >= 15 is 0 Å². The average molecular weight is 448 g/mol. The third kappa shape index (κ3) is 5.61. The minimum atomic E-state index is -0.506. The first-order valence-corrected chi connectivity index (χ1v) is 10.6. The summed E-state index contributed by atoms with van der Waals surface area (Å²) >= 11 is 2.51. The van der Waals surface area contributed by atoms with Crippen LogP contribution in [0.3, 0.4) is 0 Å². The fourth-order valence-corrected chi connectivity index (χ4v) is 3.83. The third-order valence-corrected chi connectivity index (χ3v) is 5.46. The number of hydrogen-bond donors (Lipinski definition) is 2. The minimum absolute atomic E-state index is 0.0377. The van der Waals surface area contributed by atoms with E-state index in [0.29, 0.717) is 28.3 Å². The van der Waals surface area contributed by atoms with Gasteiger partial charge in [-0.05, 0) is 19.1 Å². The van der Waals surface area contributed by atoms with Crippen molar-refractivity contribution in [2.75, 3.05) is 16.4 Å². The summed E-state index contributed by atoms with van der Waals surface area (Å²) in [6.07, 6.45) is 1.64. The number of non-ortho nitro benzene ring substituents is 1. The second-order valence-corrected chi connectivity index (χ2v) is 7.68. The van der Waals surface area contributed by atoms with Crippen LogP contribution in [0.25, 0.3) is 0 Å². The van der Waals surface area contributed by atoms with Crippen molar-refractivity contribution in [3.63, 3.8) is 0 Å². The van der Waals surface area contributed by atoms with Gasteiger partial charge in [0.25, 0.3) is 5.69 Å². The van der Waals surface area contributed by atoms with E-state index < -0.39 is 4.92 Å². The van der Waals surface area contributed by atoms with Crippen LogP contribution < -0.4 is 10.6 Å². The van der Waals surface area contributed by atoms with Crippen LogP contribution in [0.1, 0.15) is 12.7 Å². The molecule has 0 saturated carbocycles. The van der Waals surface area contributed by atoms with Gasteiger partial charge in [-0.2, -0.15) is 0 Å². The summed E-state index contributed by atoms with van der Waals surface area (Å²) in [5.41, 5.74) is 0.410. The quantitative estimate of drug-likeness (QED) is 0.289. The van der Waals surface area contributed by atoms with E-state index in [1.165, 1.54) is 47.4 Å². The number of thioether (sulfide) groups is 1. The Morgan fingerprint density at radius 3 is 2.60 bits per heavy atom. The van der Waals surface area contributed by atoms with Crippen molar-refractivity contribution in [2.45, 2.75) is 25.0 Å². The second-order valence-electron chi connectivity index (χ2n) is 5.85. The minimum Gasteiger partial charge on any atom is -0.325 e. The molecule has 0 aliphatic carbocycles. The van der Waals surface area contributed by atoms with Crippen molar-refractivity contribution in [3.8, 4) is 0 Å². The molecule has 2 amide bonds. The van der Waals surface area contributed by atoms with Crippen LogP contribution in [0, 0.1) is 10.1 Å². The number of nitro groups is 1. The number of rotatable bonds is 9. The molecular weight excluding hydrogens is 430 g/mol. The molecule has 3 rings (SSSR count). The van der Waals surface area contributed by atoms with Gasteiger partial charge in [0.05, 0.1) is 17.1 Å². The van der Waals surface area contributed by atoms with E-state index in [1.54, 1.807) is 16.1 Å². The van der Waals surface area contributed by atoms with Crippen LogP contribution >= 0.6 is 23.1 Å². The normalized spacial score (nSPS) is 10.6. The Balaban J connectivity index is 1.55. The van der Waals surface area contributed by atoms with Gasteiger partial charge in [0, 0.05) is 35.9 Å². The van der Waals surface area contributed by atoms with Gasteiger partial charge in [-0.1, -0.05) is 11.8 Å². The Hall–Kier alpha value is -3.32. The standard InChI is InChI=1S/C17H17N7O4S2/c1-2-23-13(9-14(25)20-16-18-7-8-29-16)21-22-17(23)30-10-15(26)19-11-3-5-12(6-4-11)24(27)28/h3-8H,2,9-10H2,1H3,(H,19,26)(H,18,20,25). The first-order valence-electron chi connectivity index (χ1n) is 8.74. The van der Waals surface area contributed by atoms with E-state index in [4.69, 9.17) is 0 Å². The van der Waals surface area contributed by atoms with E-state index in [9.17, 15) is 19.7 Å². The maximum Gasteiger partial charge on any atom is 0.269 e. The molecule has 0 spiro atoms. The van der Waals surface area contributed by atoms with Gasteiger partial charge in [-0.15, -0.1) is 21.5 Å². The molecule has 13 heteroatoms. The molecule has 0 aliphatic rings. The molecule has 1 aromatic carbocycles. The summed E-state index contributed by atoms with van der Waals surface area (Å²) in [4.78, 5) is 38.5. The van der Waals surface area contributed by atoms with Crippen molar-refractivity contribution < 1.29 is 14.5 Å². The summed E-state index contributed by atoms with van der Waals surface area (Å²) in [5.74, 6) is 0.0207. The highest BCUT2D eigenvalue weighted by molar-refractivity contribution is 7.99. The fraction of sp³-hybridized carbons (Fsp3) is 0.235. The Morgan fingerprint density at radius 1 is 1.20 bits per heavy atom. The topological polar surface area (TPSA) is 145 Å². The number of hydrogen-bond acceptors (Lipinski definition) is 9. The highest BCUT2D eigenvalue weighted by Crippen LogP contribution is 2.20. The van der Waals surface area contributed by atoms with Crippen molar-refractivity contribution in [3.05, 3.63) is 51.8 Å². The number of carbonyl (C=O) groups is 2. The zero-order valence-electron chi connectivity index (χ0n) is 15.8. The molecule has 0 atom stereocenters. The SMILES string of the molecule is CCn1c(CC(=O)Nc2nccs2)nnc1SCC(=O)Nc1ccc([N+](=O)[O-])cc1. The molecule has 3 aromatic rings. The zero-order chi connectivity index (χ0) is 21.5. The molecule has 30 heavy (non-hydrogen) atoms. The highest BCUT2D eigenvalue weighted by Gasteiger charge is 2.16. The number of nitrogens with zero attached hydrogens (tertiary/aromatic N) is 5. The first-order chi connectivity index (χ1) is 14.5. The molecule has 2 heterocycles. The summed E-state index contributed by atoms with van der Waals surface area (Å²) < 4.78 is 1.77. The van der Waals surface area contributed by atoms with Gasteiger partial charge in [-0.25, -0.2) is 4.98 Å². The maximum atomic E-state index is 12.2. The van der Waals surface area contributed by atoms with Crippen molar-refractivity contribution >= 4 is 51.4 Å². The molecule has 0 bridgehead atoms. The van der Waals surface area contributed by atoms with Crippen LogP contribution in [-0.4, -0.2) is 42.2 Å². The van der Waals surface area contributed by atoms with Gasteiger partial charge in [0.15, 0.2) is 10.3 Å². The number of nitrogens with one attached hydrogen (secondary N) is 2. The lowest BCUT2D eigenvalue weighted by Gasteiger charge is -2.08. The molecule has 2 aromatic heterocycles. The maximum absolute atomic E-state index is 12.2. The number of thiazole rings is 1. The lowest BCUT2D eigenvalue weighted by Crippen LogP contribution is -2.18. The summed E-state index contributed by atoms with van der Waals surface area (Å²) in [7, 11) is 0. The second kappa shape index (κ2) is 9.93. The summed E-state index contributed by atoms with van der Waals surface area (Å²) in [5, 5.41) is 27.0. The molecule has 0 unspecified atom stereocenters. The molecule has 0 aliphatic heterocycles. The predicted octanol–water partition coefficient (Wildman–Crippen LogP) is 2.57. The van der Waals surface area contributed by atoms with E-state index in [0.717, 1.165) is 0 Å². The predicted molar refractivity (Wildman–Crippen MR) is 113 cm³/mol. The number of amides is 2. The van der Waals surface area contributed by atoms with Crippen LogP contribution in [0.15, 0.2) is 41.0 Å². The molecule has 156 valence electrons. The summed E-state index contributed by atoms with van der Waals surface area (Å²) in [6, 6.07) is 5.57. The van der Waals surface area contributed by atoms with Crippen LogP contribution in [0.4, 0.5) is 16.5 Å². The smallest absolute Gasteiger partial charge is 0.269 e. The Kier molecular flexibility index (Phi) is 7.08. The number of nitro benzene ring substituents is 1. The number of benzene rings is 1. The van der Waals surface area contributed by atoms with Crippen molar-refractivity contribution in [1.82, 2.24) is 19.7 Å². The van der Waals surface area contributed by atoms with Crippen LogP contribution in [0.5, 0.6) is 0 Å². The Bertz CT molecular complexity index is 1040. The van der Waals surface area contributed by atoms with E-state index in [-0.39, 0.29) is 29.7 Å². The highest BCUT2D eigenvalue weighted by atomic mass is 32.2. The van der Waals surface area contributed by atoms with Gasteiger partial charge < -0.3 is 15.2 Å². The largest absolute Gasteiger partial charge is 0.325 e. The van der Waals surface area contributed by atoms with Crippen LogP contribution in [-0.2, 0) is 22.6 Å². The molecule has 11 nitrogen and oxygen atoms in total. The Morgan fingerprint density at radius 2 is 1.97 bits per heavy atom. The van der Waals surface area contributed by atoms with Gasteiger partial charge in [0.2, 0.25) is 11.8 Å². The van der Waals surface area contributed by atoms with Gasteiger partial charge >= 0.3 is 0 Å². The number of aromatic nitrogens is 4. The third-order valence-electron chi connectivity index (χ3n) is 3.80. The average Bonchev–Trinajstić information content (AvgIpc) is 3.36. The molecule has 2 N–H and O–H groups in total. The molecule has 0 radical (unpaired) electrons. The van der Waals surface area contributed by atoms with Crippen LogP contribution in [0.2, 0.25) is 0 Å². The lowest BCUT2D eigenvalue weighted by atomic mass is 10.3. The molecule has 0 saturated heterocycles. The van der Waals surface area contributed by atoms with E-state index in [2.05, 4.69) is 25.8 Å². The number of anilines is 2. The molecule has 0 fully saturated rings. The zero-order valence-corrected chi connectivity index (χ0v) is 17.4. The fourth-order valence-electron chi connectivity index (χ4n) is 2.46. The van der Waals surface area contributed by atoms with Gasteiger partial charge in [-0.3, -0.25) is 19.7 Å². The first kappa shape index (κ1) is 21.4. The van der Waals surface area contributed by atoms with Crippen molar-refractivity contribution in [1.29, 1.82) is 0 Å². The van der Waals surface area contributed by atoms with Gasteiger partial charge in [0.1, 0.15) is 5.82 Å². The summed E-state index contributed by atoms with van der Waals surface area (Å²) in [6.45, 7) is 2.44. The number of carbonyl (C=O) groups excluding carboxylic acids is 2. The monoisotopic (exact) mass is 447 g/mol. The van der Waals surface area contributed by atoms with Crippen molar-refractivity contribution in [2.24, 2.45) is 0 Å². The molecular formula is C17H17N7O4S2. The van der Waals surface area contributed by atoms with E-state index in [1.807, 2.05) is 6.92 Å². The lowest BCUT2D eigenvalue weighted by molar-refractivity contribution is -0.384. The Labute approximate surface area is 179 Å².